The number of rotatable bonds is 3. The summed E-state index contributed by atoms with van der Waals surface area (Å²) >= 11 is 5.76. The fourth-order valence-electron chi connectivity index (χ4n) is 1.10. The Morgan fingerprint density at radius 3 is 2.57 bits per heavy atom. The maximum Gasteiger partial charge on any atom is 0.489 e. The molecule has 0 fully saturated rings. The molecule has 0 aliphatic carbocycles. The first-order chi connectivity index (χ1) is 6.52. The third-order valence-corrected chi connectivity index (χ3v) is 2.19. The molecular formula is C8H8BClO4. The first-order valence-electron chi connectivity index (χ1n) is 3.87. The highest BCUT2D eigenvalue weighted by molar-refractivity contribution is 6.62. The Bertz CT molecular complexity index is 353. The molecule has 74 valence electrons. The molecule has 1 rings (SSSR count). The lowest BCUT2D eigenvalue weighted by atomic mass is 9.79. The lowest BCUT2D eigenvalue weighted by Crippen LogP contribution is -2.31. The van der Waals surface area contributed by atoms with Gasteiger partial charge in [-0.25, -0.2) is 0 Å². The first-order valence-corrected chi connectivity index (χ1v) is 4.25. The molecule has 0 heterocycles. The number of benzene rings is 1. The Morgan fingerprint density at radius 1 is 1.43 bits per heavy atom. The van der Waals surface area contributed by atoms with Gasteiger partial charge < -0.3 is 15.2 Å². The minimum atomic E-state index is -1.68. The molecule has 0 unspecified atom stereocenters. The van der Waals surface area contributed by atoms with E-state index in [0.29, 0.717) is 5.56 Å². The number of carboxylic acid groups (broad SMARTS) is 1. The van der Waals surface area contributed by atoms with Crippen molar-refractivity contribution < 1.29 is 19.9 Å². The molecule has 0 aromatic heterocycles. The van der Waals surface area contributed by atoms with Crippen molar-refractivity contribution in [2.24, 2.45) is 0 Å². The zero-order valence-corrected chi connectivity index (χ0v) is 7.90. The van der Waals surface area contributed by atoms with Gasteiger partial charge in [-0.15, -0.1) is 0 Å². The zero-order valence-electron chi connectivity index (χ0n) is 7.14. The summed E-state index contributed by atoms with van der Waals surface area (Å²) in [6.45, 7) is 0. The number of halogens is 1. The highest BCUT2D eigenvalue weighted by atomic mass is 35.5. The summed E-state index contributed by atoms with van der Waals surface area (Å²) in [5.41, 5.74) is 0.482. The van der Waals surface area contributed by atoms with E-state index in [1.807, 2.05) is 0 Å². The van der Waals surface area contributed by atoms with Gasteiger partial charge in [-0.3, -0.25) is 4.79 Å². The van der Waals surface area contributed by atoms with E-state index in [-0.39, 0.29) is 16.9 Å². The van der Waals surface area contributed by atoms with E-state index in [1.54, 1.807) is 0 Å². The molecule has 4 nitrogen and oxygen atoms in total. The van der Waals surface area contributed by atoms with E-state index in [9.17, 15) is 4.79 Å². The molecule has 1 aromatic rings. The molecule has 0 amide bonds. The maximum absolute atomic E-state index is 10.4. The van der Waals surface area contributed by atoms with E-state index in [0.717, 1.165) is 0 Å². The second-order valence-electron chi connectivity index (χ2n) is 2.76. The van der Waals surface area contributed by atoms with E-state index in [1.165, 1.54) is 18.2 Å². The van der Waals surface area contributed by atoms with Gasteiger partial charge in [-0.1, -0.05) is 29.8 Å². The third-order valence-electron chi connectivity index (χ3n) is 1.73. The van der Waals surface area contributed by atoms with Crippen molar-refractivity contribution in [1.82, 2.24) is 0 Å². The van der Waals surface area contributed by atoms with Crippen LogP contribution >= 0.6 is 11.6 Å². The molecule has 1 aromatic carbocycles. The molecule has 0 spiro atoms. The van der Waals surface area contributed by atoms with Crippen LogP contribution in [0, 0.1) is 0 Å². The van der Waals surface area contributed by atoms with Crippen molar-refractivity contribution in [3.63, 3.8) is 0 Å². The Hall–Kier alpha value is -1.04. The quantitative estimate of drug-likeness (QED) is 0.601. The minimum Gasteiger partial charge on any atom is -0.481 e. The summed E-state index contributed by atoms with van der Waals surface area (Å²) in [7, 11) is -1.68. The number of hydrogen-bond acceptors (Lipinski definition) is 3. The van der Waals surface area contributed by atoms with Gasteiger partial charge in [0.15, 0.2) is 0 Å². The van der Waals surface area contributed by atoms with Gasteiger partial charge in [0.05, 0.1) is 6.42 Å². The van der Waals surface area contributed by atoms with E-state index < -0.39 is 13.1 Å². The molecule has 0 saturated carbocycles. The van der Waals surface area contributed by atoms with Gasteiger partial charge >= 0.3 is 13.1 Å². The van der Waals surface area contributed by atoms with Crippen molar-refractivity contribution >= 4 is 30.2 Å². The summed E-state index contributed by atoms with van der Waals surface area (Å²) < 4.78 is 0. The SMILES string of the molecule is O=C(O)Cc1cccc(B(O)O)c1Cl. The molecule has 14 heavy (non-hydrogen) atoms. The van der Waals surface area contributed by atoms with Crippen LogP contribution in [0.3, 0.4) is 0 Å². The van der Waals surface area contributed by atoms with E-state index in [2.05, 4.69) is 0 Å². The van der Waals surface area contributed by atoms with Crippen LogP contribution in [0.25, 0.3) is 0 Å². The highest BCUT2D eigenvalue weighted by Gasteiger charge is 2.17. The lowest BCUT2D eigenvalue weighted by Gasteiger charge is -2.06. The number of carbonyl (C=O) groups is 1. The predicted octanol–water partition coefficient (Wildman–Crippen LogP) is -0.353. The van der Waals surface area contributed by atoms with Gasteiger partial charge in [0.2, 0.25) is 0 Å². The monoisotopic (exact) mass is 214 g/mol. The molecule has 0 radical (unpaired) electrons. The van der Waals surface area contributed by atoms with Crippen LogP contribution in [-0.2, 0) is 11.2 Å². The van der Waals surface area contributed by atoms with Gasteiger partial charge in [0, 0.05) is 10.5 Å². The summed E-state index contributed by atoms with van der Waals surface area (Å²) in [6, 6.07) is 4.49. The Morgan fingerprint density at radius 2 is 2.07 bits per heavy atom. The summed E-state index contributed by atoms with van der Waals surface area (Å²) in [6.07, 6.45) is -0.237. The second-order valence-corrected chi connectivity index (χ2v) is 3.14. The summed E-state index contributed by atoms with van der Waals surface area (Å²) in [5.74, 6) is -1.02. The molecule has 6 heteroatoms. The van der Waals surface area contributed by atoms with Crippen LogP contribution in [0.2, 0.25) is 5.02 Å². The summed E-state index contributed by atoms with van der Waals surface area (Å²) in [5, 5.41) is 26.4. The molecule has 3 N–H and O–H groups in total. The Kier molecular flexibility index (Phi) is 3.52. The topological polar surface area (TPSA) is 77.8 Å². The average Bonchev–Trinajstić information content (AvgIpc) is 2.07. The fraction of sp³-hybridized carbons (Fsp3) is 0.125. The van der Waals surface area contributed by atoms with Crippen molar-refractivity contribution in [1.29, 1.82) is 0 Å². The number of hydrogen-bond donors (Lipinski definition) is 3. The molecule has 0 bridgehead atoms. The second kappa shape index (κ2) is 4.46. The normalized spacial score (nSPS) is 9.93. The van der Waals surface area contributed by atoms with Crippen LogP contribution in [0.4, 0.5) is 0 Å². The van der Waals surface area contributed by atoms with Crippen LogP contribution in [-0.4, -0.2) is 28.2 Å². The van der Waals surface area contributed by atoms with E-state index in [4.69, 9.17) is 26.8 Å². The number of carboxylic acids is 1. The van der Waals surface area contributed by atoms with Crippen LogP contribution in [0.5, 0.6) is 0 Å². The maximum atomic E-state index is 10.4. The van der Waals surface area contributed by atoms with Crippen LogP contribution in [0.15, 0.2) is 18.2 Å². The number of aliphatic carboxylic acids is 1. The highest BCUT2D eigenvalue weighted by Crippen LogP contribution is 2.14. The average molecular weight is 214 g/mol. The zero-order chi connectivity index (χ0) is 10.7. The van der Waals surface area contributed by atoms with Gasteiger partial charge in [-0.2, -0.15) is 0 Å². The van der Waals surface area contributed by atoms with Gasteiger partial charge in [0.25, 0.3) is 0 Å². The van der Waals surface area contributed by atoms with Crippen molar-refractivity contribution in [2.75, 3.05) is 0 Å². The fourth-order valence-corrected chi connectivity index (χ4v) is 1.39. The third kappa shape index (κ3) is 2.48. The van der Waals surface area contributed by atoms with Crippen LogP contribution < -0.4 is 5.46 Å². The van der Waals surface area contributed by atoms with Crippen molar-refractivity contribution in [3.8, 4) is 0 Å². The largest absolute Gasteiger partial charge is 0.489 e. The smallest absolute Gasteiger partial charge is 0.481 e. The van der Waals surface area contributed by atoms with Crippen molar-refractivity contribution in [3.05, 3.63) is 28.8 Å². The lowest BCUT2D eigenvalue weighted by molar-refractivity contribution is -0.136. The predicted molar refractivity (Wildman–Crippen MR) is 52.6 cm³/mol. The summed E-state index contributed by atoms with van der Waals surface area (Å²) in [4.78, 5) is 10.4. The first kappa shape index (κ1) is 11.0. The minimum absolute atomic E-state index is 0.0879. The van der Waals surface area contributed by atoms with Gasteiger partial charge in [0.1, 0.15) is 0 Å². The Balaban J connectivity index is 3.07. The van der Waals surface area contributed by atoms with Crippen LogP contribution in [0.1, 0.15) is 5.56 Å². The molecular weight excluding hydrogens is 206 g/mol. The van der Waals surface area contributed by atoms with E-state index >= 15 is 0 Å². The molecule has 0 saturated heterocycles. The molecule has 0 aliphatic rings. The van der Waals surface area contributed by atoms with Gasteiger partial charge in [-0.05, 0) is 5.56 Å². The molecule has 0 atom stereocenters. The van der Waals surface area contributed by atoms with Crippen molar-refractivity contribution in [2.45, 2.75) is 6.42 Å². The molecule has 0 aliphatic heterocycles. The standard InChI is InChI=1S/C8H8BClO4/c10-8-5(4-7(11)12)2-1-3-6(8)9(13)14/h1-3,13-14H,4H2,(H,11,12). The Labute approximate surface area is 85.9 Å².